The molecule has 0 spiro atoms. The first-order valence-electron chi connectivity index (χ1n) is 11.0. The van der Waals surface area contributed by atoms with Gasteiger partial charge in [-0.05, 0) is 49.0 Å². The number of aromatic nitrogens is 3. The standard InChI is InChI=1S/C24H39N3/c1-18-16-27(6)22-21(18)26-20(15-25-22)19-12-10-8-7-9-11-13-23(2,3)17-24(4,5)14-19/h15-16,19H,7-14,17H2,1-6H3. The first kappa shape index (κ1) is 20.4. The van der Waals surface area contributed by atoms with Crippen LogP contribution in [0.25, 0.3) is 11.2 Å². The lowest BCUT2D eigenvalue weighted by Crippen LogP contribution is -2.26. The van der Waals surface area contributed by atoms with Crippen molar-refractivity contribution in [3.8, 4) is 0 Å². The number of aryl methyl sites for hydroxylation is 2. The molecule has 1 fully saturated rings. The quantitative estimate of drug-likeness (QED) is 0.545. The van der Waals surface area contributed by atoms with E-state index in [2.05, 4.69) is 58.6 Å². The highest BCUT2D eigenvalue weighted by atomic mass is 15.0. The fraction of sp³-hybridized carbons (Fsp3) is 0.750. The predicted molar refractivity (Wildman–Crippen MR) is 115 cm³/mol. The molecule has 1 saturated carbocycles. The van der Waals surface area contributed by atoms with Gasteiger partial charge in [-0.15, -0.1) is 0 Å². The third-order valence-electron chi connectivity index (χ3n) is 6.45. The summed E-state index contributed by atoms with van der Waals surface area (Å²) in [5.74, 6) is 0.520. The Morgan fingerprint density at radius 3 is 2.48 bits per heavy atom. The van der Waals surface area contributed by atoms with Crippen LogP contribution in [0.1, 0.15) is 103 Å². The van der Waals surface area contributed by atoms with Crippen molar-refractivity contribution in [1.82, 2.24) is 14.5 Å². The van der Waals surface area contributed by atoms with Crippen molar-refractivity contribution in [3.63, 3.8) is 0 Å². The monoisotopic (exact) mass is 369 g/mol. The molecule has 0 aliphatic heterocycles. The lowest BCUT2D eigenvalue weighted by Gasteiger charge is -2.38. The summed E-state index contributed by atoms with van der Waals surface area (Å²) in [6.07, 6.45) is 16.1. The van der Waals surface area contributed by atoms with E-state index in [1.54, 1.807) is 0 Å². The van der Waals surface area contributed by atoms with Gasteiger partial charge < -0.3 is 4.57 Å². The van der Waals surface area contributed by atoms with E-state index in [0.717, 1.165) is 11.2 Å². The molecule has 0 saturated heterocycles. The molecule has 2 aromatic heterocycles. The van der Waals surface area contributed by atoms with Crippen LogP contribution in [0.4, 0.5) is 0 Å². The number of hydrogen-bond donors (Lipinski definition) is 0. The first-order valence-corrected chi connectivity index (χ1v) is 11.0. The summed E-state index contributed by atoms with van der Waals surface area (Å²) in [4.78, 5) is 9.89. The maximum atomic E-state index is 5.11. The molecule has 2 heterocycles. The van der Waals surface area contributed by atoms with Gasteiger partial charge in [-0.3, -0.25) is 0 Å². The smallest absolute Gasteiger partial charge is 0.158 e. The molecule has 1 unspecified atom stereocenters. The lowest BCUT2D eigenvalue weighted by atomic mass is 9.68. The van der Waals surface area contributed by atoms with Crippen LogP contribution in [-0.2, 0) is 7.05 Å². The maximum Gasteiger partial charge on any atom is 0.158 e. The molecule has 0 radical (unpaired) electrons. The Bertz CT molecular complexity index is 769. The van der Waals surface area contributed by atoms with Crippen molar-refractivity contribution < 1.29 is 0 Å². The Labute approximate surface area is 166 Å². The van der Waals surface area contributed by atoms with Gasteiger partial charge in [0.1, 0.15) is 5.52 Å². The molecule has 1 atom stereocenters. The van der Waals surface area contributed by atoms with Gasteiger partial charge >= 0.3 is 0 Å². The molecule has 0 N–H and O–H groups in total. The van der Waals surface area contributed by atoms with Crippen LogP contribution in [0.2, 0.25) is 0 Å². The van der Waals surface area contributed by atoms with Crippen LogP contribution < -0.4 is 0 Å². The Morgan fingerprint density at radius 1 is 1.00 bits per heavy atom. The van der Waals surface area contributed by atoms with Crippen molar-refractivity contribution in [1.29, 1.82) is 0 Å². The summed E-state index contributed by atoms with van der Waals surface area (Å²) >= 11 is 0. The molecule has 150 valence electrons. The summed E-state index contributed by atoms with van der Waals surface area (Å²) < 4.78 is 2.09. The zero-order chi connectivity index (χ0) is 19.7. The van der Waals surface area contributed by atoms with Crippen LogP contribution in [0.5, 0.6) is 0 Å². The molecular weight excluding hydrogens is 330 g/mol. The Hall–Kier alpha value is -1.38. The zero-order valence-corrected chi connectivity index (χ0v) is 18.4. The summed E-state index contributed by atoms with van der Waals surface area (Å²) in [5, 5.41) is 0. The van der Waals surface area contributed by atoms with Gasteiger partial charge in [-0.25, -0.2) is 9.97 Å². The minimum atomic E-state index is 0.329. The topological polar surface area (TPSA) is 30.7 Å². The Morgan fingerprint density at radius 2 is 1.70 bits per heavy atom. The molecule has 1 aliphatic carbocycles. The molecule has 0 bridgehead atoms. The molecule has 1 aliphatic rings. The highest BCUT2D eigenvalue weighted by molar-refractivity contribution is 5.75. The highest BCUT2D eigenvalue weighted by Crippen LogP contribution is 2.44. The summed E-state index contributed by atoms with van der Waals surface area (Å²) in [6.45, 7) is 12.0. The van der Waals surface area contributed by atoms with E-state index in [-0.39, 0.29) is 0 Å². The SMILES string of the molecule is Cc1cn(C)c2ncc(C3CCCCCCCC(C)(C)CC(C)(C)C3)nc12. The highest BCUT2D eigenvalue weighted by Gasteiger charge is 2.32. The zero-order valence-electron chi connectivity index (χ0n) is 18.4. The van der Waals surface area contributed by atoms with Gasteiger partial charge in [0, 0.05) is 19.2 Å². The molecule has 3 rings (SSSR count). The Balaban J connectivity index is 1.89. The molecular formula is C24H39N3. The molecule has 3 heteroatoms. The summed E-state index contributed by atoms with van der Waals surface area (Å²) in [5.41, 5.74) is 5.29. The number of fused-ring (bicyclic) bond motifs is 1. The normalized spacial score (nSPS) is 24.3. The van der Waals surface area contributed by atoms with E-state index in [1.807, 2.05) is 0 Å². The van der Waals surface area contributed by atoms with Gasteiger partial charge in [0.05, 0.1) is 11.9 Å². The minimum absolute atomic E-state index is 0.329. The van der Waals surface area contributed by atoms with Crippen molar-refractivity contribution in [2.75, 3.05) is 0 Å². The van der Waals surface area contributed by atoms with E-state index < -0.39 is 0 Å². The summed E-state index contributed by atoms with van der Waals surface area (Å²) in [6, 6.07) is 0. The molecule has 2 aromatic rings. The van der Waals surface area contributed by atoms with Crippen LogP contribution in [0.15, 0.2) is 12.4 Å². The van der Waals surface area contributed by atoms with Gasteiger partial charge in [0.2, 0.25) is 0 Å². The van der Waals surface area contributed by atoms with Crippen molar-refractivity contribution in [3.05, 3.63) is 23.7 Å². The van der Waals surface area contributed by atoms with E-state index in [4.69, 9.17) is 9.97 Å². The fourth-order valence-corrected chi connectivity index (χ4v) is 5.53. The second kappa shape index (κ2) is 7.93. The van der Waals surface area contributed by atoms with Gasteiger partial charge in [-0.2, -0.15) is 0 Å². The van der Waals surface area contributed by atoms with E-state index in [9.17, 15) is 0 Å². The third kappa shape index (κ3) is 5.12. The second-order valence-electron chi connectivity index (χ2n) is 10.6. The molecule has 3 nitrogen and oxygen atoms in total. The Kier molecular flexibility index (Phi) is 5.98. The van der Waals surface area contributed by atoms with E-state index in [0.29, 0.717) is 16.7 Å². The number of hydrogen-bond acceptors (Lipinski definition) is 2. The van der Waals surface area contributed by atoms with Crippen LogP contribution in [-0.4, -0.2) is 14.5 Å². The third-order valence-corrected chi connectivity index (χ3v) is 6.45. The van der Waals surface area contributed by atoms with Crippen molar-refractivity contribution in [2.24, 2.45) is 17.9 Å². The number of rotatable bonds is 1. The predicted octanol–water partition coefficient (Wildman–Crippen LogP) is 6.94. The van der Waals surface area contributed by atoms with Crippen molar-refractivity contribution in [2.45, 2.75) is 98.3 Å². The summed E-state index contributed by atoms with van der Waals surface area (Å²) in [7, 11) is 2.06. The lowest BCUT2D eigenvalue weighted by molar-refractivity contribution is 0.154. The fourth-order valence-electron chi connectivity index (χ4n) is 5.53. The maximum absolute atomic E-state index is 5.11. The molecule has 0 amide bonds. The average molecular weight is 370 g/mol. The van der Waals surface area contributed by atoms with Crippen LogP contribution in [0.3, 0.4) is 0 Å². The first-order chi connectivity index (χ1) is 12.7. The van der Waals surface area contributed by atoms with Crippen LogP contribution in [0, 0.1) is 17.8 Å². The second-order valence-corrected chi connectivity index (χ2v) is 10.6. The van der Waals surface area contributed by atoms with Crippen molar-refractivity contribution >= 4 is 11.2 Å². The van der Waals surface area contributed by atoms with Gasteiger partial charge in [0.15, 0.2) is 5.65 Å². The largest absolute Gasteiger partial charge is 0.334 e. The molecule has 27 heavy (non-hydrogen) atoms. The van der Waals surface area contributed by atoms with E-state index >= 15 is 0 Å². The van der Waals surface area contributed by atoms with Gasteiger partial charge in [-0.1, -0.05) is 59.8 Å². The van der Waals surface area contributed by atoms with E-state index in [1.165, 1.54) is 69.0 Å². The minimum Gasteiger partial charge on any atom is -0.334 e. The average Bonchev–Trinajstić information content (AvgIpc) is 2.84. The van der Waals surface area contributed by atoms with Crippen LogP contribution >= 0.6 is 0 Å². The molecule has 0 aromatic carbocycles. The van der Waals surface area contributed by atoms with Gasteiger partial charge in [0.25, 0.3) is 0 Å². The number of nitrogens with zero attached hydrogens (tertiary/aromatic N) is 3.